The number of hydrogen-bond acceptors (Lipinski definition) is 5. The Bertz CT molecular complexity index is 747. The fourth-order valence-electron chi connectivity index (χ4n) is 2.78. The monoisotopic (exact) mass is 479 g/mol. The van der Waals surface area contributed by atoms with Crippen LogP contribution < -0.4 is 0 Å². The molecule has 138 valence electrons. The molecule has 0 N–H and O–H groups in total. The Labute approximate surface area is 162 Å². The van der Waals surface area contributed by atoms with Crippen molar-refractivity contribution < 1.29 is 22.7 Å². The first kappa shape index (κ1) is 20.2. The molecule has 1 saturated heterocycles. The predicted octanol–water partition coefficient (Wildman–Crippen LogP) is 2.12. The van der Waals surface area contributed by atoms with Gasteiger partial charge >= 0.3 is 5.97 Å². The summed E-state index contributed by atoms with van der Waals surface area (Å²) in [5, 5.41) is 0. The summed E-state index contributed by atoms with van der Waals surface area (Å²) in [4.78, 5) is 26.2. The molecule has 0 spiro atoms. The average molecular weight is 479 g/mol. The van der Waals surface area contributed by atoms with E-state index in [1.54, 1.807) is 23.1 Å². The van der Waals surface area contributed by atoms with Gasteiger partial charge in [0.1, 0.15) is 0 Å². The maximum absolute atomic E-state index is 12.5. The SMILES string of the molecule is CC(C)CN(C(=O)COC(=O)c1ccccc1I)C1CCS(=O)(=O)C1. The van der Waals surface area contributed by atoms with Crippen molar-refractivity contribution in [3.63, 3.8) is 0 Å². The van der Waals surface area contributed by atoms with E-state index in [9.17, 15) is 18.0 Å². The highest BCUT2D eigenvalue weighted by Gasteiger charge is 2.35. The third-order valence-electron chi connectivity index (χ3n) is 3.95. The number of rotatable bonds is 6. The van der Waals surface area contributed by atoms with Gasteiger partial charge in [0.25, 0.3) is 5.91 Å². The lowest BCUT2D eigenvalue weighted by atomic mass is 10.1. The molecule has 1 aromatic rings. The van der Waals surface area contributed by atoms with Gasteiger partial charge in [-0.1, -0.05) is 26.0 Å². The summed E-state index contributed by atoms with van der Waals surface area (Å²) in [6.07, 6.45) is 0.436. The average Bonchev–Trinajstić information content (AvgIpc) is 2.90. The first-order valence-corrected chi connectivity index (χ1v) is 11.0. The maximum Gasteiger partial charge on any atom is 0.339 e. The number of ether oxygens (including phenoxy) is 1. The molecule has 1 amide bonds. The Morgan fingerprint density at radius 1 is 1.32 bits per heavy atom. The van der Waals surface area contributed by atoms with Crippen molar-refractivity contribution in [2.45, 2.75) is 26.3 Å². The fraction of sp³-hybridized carbons (Fsp3) is 0.529. The quantitative estimate of drug-likeness (QED) is 0.462. The first-order chi connectivity index (χ1) is 11.7. The third-order valence-corrected chi connectivity index (χ3v) is 6.64. The minimum Gasteiger partial charge on any atom is -0.452 e. The molecule has 1 aliphatic rings. The molecular formula is C17H22INO5S. The molecule has 0 saturated carbocycles. The second-order valence-corrected chi connectivity index (χ2v) is 9.94. The van der Waals surface area contributed by atoms with Gasteiger partial charge in [0.2, 0.25) is 0 Å². The van der Waals surface area contributed by atoms with Crippen LogP contribution in [0.15, 0.2) is 24.3 Å². The van der Waals surface area contributed by atoms with Crippen LogP contribution in [0.4, 0.5) is 0 Å². The Balaban J connectivity index is 2.02. The largest absolute Gasteiger partial charge is 0.452 e. The number of halogens is 1. The molecule has 1 heterocycles. The second-order valence-electron chi connectivity index (χ2n) is 6.55. The van der Waals surface area contributed by atoms with Gasteiger partial charge in [0.05, 0.1) is 17.1 Å². The molecule has 8 heteroatoms. The summed E-state index contributed by atoms with van der Waals surface area (Å²) in [6.45, 7) is 3.98. The lowest BCUT2D eigenvalue weighted by Gasteiger charge is -2.29. The van der Waals surface area contributed by atoms with E-state index in [1.807, 2.05) is 42.5 Å². The van der Waals surface area contributed by atoms with Crippen molar-refractivity contribution in [1.29, 1.82) is 0 Å². The summed E-state index contributed by atoms with van der Waals surface area (Å²) in [5.41, 5.74) is 0.412. The van der Waals surface area contributed by atoms with Gasteiger partial charge in [-0.25, -0.2) is 13.2 Å². The molecule has 0 radical (unpaired) electrons. The first-order valence-electron chi connectivity index (χ1n) is 8.11. The van der Waals surface area contributed by atoms with Gasteiger partial charge in [0.15, 0.2) is 16.4 Å². The Morgan fingerprint density at radius 3 is 2.56 bits per heavy atom. The molecule has 1 unspecified atom stereocenters. The predicted molar refractivity (Wildman–Crippen MR) is 103 cm³/mol. The van der Waals surface area contributed by atoms with Crippen molar-refractivity contribution in [1.82, 2.24) is 4.90 Å². The minimum atomic E-state index is -3.09. The number of benzene rings is 1. The van der Waals surface area contributed by atoms with Crippen LogP contribution in [-0.4, -0.2) is 55.9 Å². The topological polar surface area (TPSA) is 80.8 Å². The zero-order chi connectivity index (χ0) is 18.6. The number of amides is 1. The summed E-state index contributed by atoms with van der Waals surface area (Å²) in [6, 6.07) is 6.64. The molecule has 0 bridgehead atoms. The summed E-state index contributed by atoms with van der Waals surface area (Å²) in [5.74, 6) is -0.632. The van der Waals surface area contributed by atoms with Crippen molar-refractivity contribution in [2.24, 2.45) is 5.92 Å². The van der Waals surface area contributed by atoms with Crippen LogP contribution in [0.1, 0.15) is 30.6 Å². The molecule has 1 fully saturated rings. The van der Waals surface area contributed by atoms with Crippen LogP contribution in [-0.2, 0) is 19.4 Å². The number of hydrogen-bond donors (Lipinski definition) is 0. The van der Waals surface area contributed by atoms with Crippen LogP contribution in [0.3, 0.4) is 0 Å². The molecule has 1 aromatic carbocycles. The highest BCUT2D eigenvalue weighted by atomic mass is 127. The second kappa shape index (κ2) is 8.48. The van der Waals surface area contributed by atoms with Gasteiger partial charge in [-0.3, -0.25) is 4.79 Å². The van der Waals surface area contributed by atoms with E-state index in [2.05, 4.69) is 0 Å². The fourth-order valence-corrected chi connectivity index (χ4v) is 5.12. The smallest absolute Gasteiger partial charge is 0.339 e. The van der Waals surface area contributed by atoms with Crippen LogP contribution in [0.25, 0.3) is 0 Å². The Kier molecular flexibility index (Phi) is 6.84. The summed E-state index contributed by atoms with van der Waals surface area (Å²) >= 11 is 2.03. The van der Waals surface area contributed by atoms with E-state index in [4.69, 9.17) is 4.74 Å². The minimum absolute atomic E-state index is 0.0179. The van der Waals surface area contributed by atoms with Crippen molar-refractivity contribution in [3.05, 3.63) is 33.4 Å². The van der Waals surface area contributed by atoms with E-state index in [1.165, 1.54) is 0 Å². The normalized spacial score (nSPS) is 19.0. The zero-order valence-electron chi connectivity index (χ0n) is 14.3. The Hall–Kier alpha value is -1.16. The third kappa shape index (κ3) is 5.67. The number of sulfone groups is 1. The highest BCUT2D eigenvalue weighted by molar-refractivity contribution is 14.1. The number of carbonyl (C=O) groups is 2. The molecular weight excluding hydrogens is 457 g/mol. The molecule has 1 atom stereocenters. The Morgan fingerprint density at radius 2 is 2.00 bits per heavy atom. The van der Waals surface area contributed by atoms with Crippen molar-refractivity contribution in [3.8, 4) is 0 Å². The standard InChI is InChI=1S/C17H22INO5S/c1-12(2)9-19(13-7-8-25(22,23)11-13)16(20)10-24-17(21)14-5-3-4-6-15(14)18/h3-6,12-13H,7-11H2,1-2H3. The van der Waals surface area contributed by atoms with Crippen LogP contribution in [0, 0.1) is 9.49 Å². The number of esters is 1. The van der Waals surface area contributed by atoms with Crippen LogP contribution in [0.2, 0.25) is 0 Å². The van der Waals surface area contributed by atoms with E-state index in [-0.39, 0.29) is 36.0 Å². The van der Waals surface area contributed by atoms with E-state index < -0.39 is 15.8 Å². The maximum atomic E-state index is 12.5. The molecule has 2 rings (SSSR count). The highest BCUT2D eigenvalue weighted by Crippen LogP contribution is 2.20. The zero-order valence-corrected chi connectivity index (χ0v) is 17.2. The van der Waals surface area contributed by atoms with Crippen molar-refractivity contribution in [2.75, 3.05) is 24.7 Å². The van der Waals surface area contributed by atoms with Crippen LogP contribution in [0.5, 0.6) is 0 Å². The van der Waals surface area contributed by atoms with Gasteiger partial charge in [-0.15, -0.1) is 0 Å². The summed E-state index contributed by atoms with van der Waals surface area (Å²) in [7, 11) is -3.09. The lowest BCUT2D eigenvalue weighted by Crippen LogP contribution is -2.45. The van der Waals surface area contributed by atoms with Crippen LogP contribution >= 0.6 is 22.6 Å². The molecule has 1 aliphatic heterocycles. The van der Waals surface area contributed by atoms with E-state index >= 15 is 0 Å². The molecule has 6 nitrogen and oxygen atoms in total. The molecule has 25 heavy (non-hydrogen) atoms. The lowest BCUT2D eigenvalue weighted by molar-refractivity contribution is -0.137. The summed E-state index contributed by atoms with van der Waals surface area (Å²) < 4.78 is 29.3. The van der Waals surface area contributed by atoms with E-state index in [0.29, 0.717) is 18.5 Å². The van der Waals surface area contributed by atoms with Crippen molar-refractivity contribution >= 4 is 44.3 Å². The van der Waals surface area contributed by atoms with Gasteiger partial charge < -0.3 is 9.64 Å². The van der Waals surface area contributed by atoms with Gasteiger partial charge in [0, 0.05) is 16.2 Å². The van der Waals surface area contributed by atoms with Gasteiger partial charge in [-0.2, -0.15) is 0 Å². The van der Waals surface area contributed by atoms with Gasteiger partial charge in [-0.05, 0) is 47.1 Å². The number of nitrogens with zero attached hydrogens (tertiary/aromatic N) is 1. The number of carbonyl (C=O) groups excluding carboxylic acids is 2. The molecule has 0 aromatic heterocycles. The van der Waals surface area contributed by atoms with E-state index in [0.717, 1.165) is 3.57 Å². The molecule has 0 aliphatic carbocycles.